The number of hydrogen-bond donors (Lipinski definition) is 0. The molecule has 0 N–H and O–H groups in total. The zero-order chi connectivity index (χ0) is 38.8. The number of fused-ring (bicyclic) bond motifs is 12. The van der Waals surface area contributed by atoms with E-state index in [0.29, 0.717) is 17.5 Å². The van der Waals surface area contributed by atoms with Crippen LogP contribution in [0.25, 0.3) is 89.8 Å². The van der Waals surface area contributed by atoms with Gasteiger partial charge >= 0.3 is 0 Å². The molecule has 1 aromatic heterocycles. The molecule has 8 aromatic carbocycles. The second-order valence-electron chi connectivity index (χ2n) is 15.6. The molecule has 1 aliphatic heterocycles. The SMILES string of the molecule is CC1(C)c2ccccc2-c2cc3c(cc21)Sc1ccccc1-c1ccccc1-c1ccccc1-c1ccc(-c2nc(-c4ccccc4)nc(-c4ccccc4)n2)cc1-3. The van der Waals surface area contributed by atoms with E-state index in [1.165, 1.54) is 65.4 Å². The first-order valence-corrected chi connectivity index (χ1v) is 20.6. The normalized spacial score (nSPS) is 13.1. The minimum Gasteiger partial charge on any atom is -0.208 e. The predicted molar refractivity (Wildman–Crippen MR) is 240 cm³/mol. The summed E-state index contributed by atoms with van der Waals surface area (Å²) >= 11 is 1.86. The van der Waals surface area contributed by atoms with Gasteiger partial charge in [-0.05, 0) is 91.0 Å². The molecule has 0 spiro atoms. The molecule has 3 nitrogen and oxygen atoms in total. The van der Waals surface area contributed by atoms with Crippen molar-refractivity contribution in [3.8, 4) is 89.8 Å². The first-order chi connectivity index (χ1) is 28.5. The highest BCUT2D eigenvalue weighted by Crippen LogP contribution is 2.55. The van der Waals surface area contributed by atoms with Crippen molar-refractivity contribution < 1.29 is 0 Å². The molecular formula is C54H37N3S. The van der Waals surface area contributed by atoms with Crippen LogP contribution >= 0.6 is 11.8 Å². The number of benzene rings is 8. The van der Waals surface area contributed by atoms with E-state index in [-0.39, 0.29) is 5.41 Å². The average Bonchev–Trinajstić information content (AvgIpc) is 3.50. The van der Waals surface area contributed by atoms with E-state index in [9.17, 15) is 0 Å². The Balaban J connectivity index is 1.23. The van der Waals surface area contributed by atoms with Gasteiger partial charge < -0.3 is 0 Å². The van der Waals surface area contributed by atoms with E-state index in [1.807, 2.05) is 48.2 Å². The lowest BCUT2D eigenvalue weighted by Gasteiger charge is -2.23. The van der Waals surface area contributed by atoms with Crippen molar-refractivity contribution in [2.45, 2.75) is 29.1 Å². The molecular weight excluding hydrogens is 723 g/mol. The highest BCUT2D eigenvalue weighted by atomic mass is 32.2. The van der Waals surface area contributed by atoms with Crippen LogP contribution < -0.4 is 0 Å². The summed E-state index contributed by atoms with van der Waals surface area (Å²) in [5.41, 5.74) is 17.5. The highest BCUT2D eigenvalue weighted by Gasteiger charge is 2.37. The third-order valence-corrected chi connectivity index (χ3v) is 12.9. The zero-order valence-electron chi connectivity index (χ0n) is 32.1. The Morgan fingerprint density at radius 1 is 0.310 bits per heavy atom. The maximum atomic E-state index is 5.18. The Labute approximate surface area is 343 Å². The summed E-state index contributed by atoms with van der Waals surface area (Å²) in [7, 11) is 0. The molecule has 0 saturated heterocycles. The van der Waals surface area contributed by atoms with Crippen molar-refractivity contribution in [3.63, 3.8) is 0 Å². The Kier molecular flexibility index (Phi) is 8.09. The van der Waals surface area contributed by atoms with Gasteiger partial charge in [-0.3, -0.25) is 0 Å². The van der Waals surface area contributed by atoms with Crippen molar-refractivity contribution in [3.05, 3.63) is 199 Å². The van der Waals surface area contributed by atoms with Crippen LogP contribution in [-0.2, 0) is 5.41 Å². The monoisotopic (exact) mass is 759 g/mol. The van der Waals surface area contributed by atoms with Gasteiger partial charge in [0.25, 0.3) is 0 Å². The van der Waals surface area contributed by atoms with Crippen molar-refractivity contribution >= 4 is 11.8 Å². The molecule has 0 bridgehead atoms. The Morgan fingerprint density at radius 3 is 1.38 bits per heavy atom. The summed E-state index contributed by atoms with van der Waals surface area (Å²) in [5, 5.41) is 0. The number of nitrogens with zero attached hydrogens (tertiary/aromatic N) is 3. The molecule has 2 aliphatic rings. The van der Waals surface area contributed by atoms with E-state index in [0.717, 1.165) is 27.8 Å². The van der Waals surface area contributed by atoms with Crippen LogP contribution in [0.1, 0.15) is 25.0 Å². The lowest BCUT2D eigenvalue weighted by atomic mass is 9.81. The van der Waals surface area contributed by atoms with Crippen LogP contribution in [0.3, 0.4) is 0 Å². The minimum absolute atomic E-state index is 0.149. The minimum atomic E-state index is -0.149. The Bertz CT molecular complexity index is 3000. The molecule has 274 valence electrons. The van der Waals surface area contributed by atoms with E-state index in [2.05, 4.69) is 166 Å². The van der Waals surface area contributed by atoms with Crippen LogP contribution in [0.15, 0.2) is 198 Å². The van der Waals surface area contributed by atoms with Crippen LogP contribution in [0.2, 0.25) is 0 Å². The molecule has 0 fully saturated rings. The summed E-state index contributed by atoms with van der Waals surface area (Å²) in [6.45, 7) is 4.73. The molecule has 0 saturated carbocycles. The summed E-state index contributed by atoms with van der Waals surface area (Å²) in [4.78, 5) is 17.8. The largest absolute Gasteiger partial charge is 0.208 e. The molecule has 11 rings (SSSR count). The van der Waals surface area contributed by atoms with Gasteiger partial charge in [0.05, 0.1) is 0 Å². The maximum Gasteiger partial charge on any atom is 0.164 e. The fraction of sp³-hybridized carbons (Fsp3) is 0.0556. The fourth-order valence-electron chi connectivity index (χ4n) is 8.90. The molecule has 0 atom stereocenters. The number of hydrogen-bond acceptors (Lipinski definition) is 4. The summed E-state index contributed by atoms with van der Waals surface area (Å²) < 4.78 is 0. The van der Waals surface area contributed by atoms with Crippen molar-refractivity contribution in [1.82, 2.24) is 15.0 Å². The van der Waals surface area contributed by atoms with Crippen LogP contribution in [-0.4, -0.2) is 15.0 Å². The fourth-order valence-corrected chi connectivity index (χ4v) is 10.0. The molecule has 58 heavy (non-hydrogen) atoms. The Hall–Kier alpha value is -6.88. The summed E-state index contributed by atoms with van der Waals surface area (Å²) in [6, 6.07) is 67.6. The second-order valence-corrected chi connectivity index (χ2v) is 16.6. The Morgan fingerprint density at radius 2 is 0.776 bits per heavy atom. The van der Waals surface area contributed by atoms with Gasteiger partial charge in [0.2, 0.25) is 0 Å². The van der Waals surface area contributed by atoms with Gasteiger partial charge in [0, 0.05) is 31.9 Å². The van der Waals surface area contributed by atoms with Gasteiger partial charge in [0.1, 0.15) is 0 Å². The smallest absolute Gasteiger partial charge is 0.164 e. The first-order valence-electron chi connectivity index (χ1n) is 19.8. The quantitative estimate of drug-likeness (QED) is 0.180. The molecule has 4 heteroatoms. The van der Waals surface area contributed by atoms with Crippen LogP contribution in [0.5, 0.6) is 0 Å². The van der Waals surface area contributed by atoms with Gasteiger partial charge in [-0.25, -0.2) is 15.0 Å². The van der Waals surface area contributed by atoms with Crippen LogP contribution in [0, 0.1) is 0 Å². The lowest BCUT2D eigenvalue weighted by Crippen LogP contribution is -2.15. The molecule has 9 aromatic rings. The summed E-state index contributed by atoms with van der Waals surface area (Å²) in [5.74, 6) is 1.93. The predicted octanol–water partition coefficient (Wildman–Crippen LogP) is 14.3. The van der Waals surface area contributed by atoms with Crippen molar-refractivity contribution in [2.75, 3.05) is 0 Å². The summed E-state index contributed by atoms with van der Waals surface area (Å²) in [6.07, 6.45) is 0. The third kappa shape index (κ3) is 5.63. The average molecular weight is 760 g/mol. The number of rotatable bonds is 3. The van der Waals surface area contributed by atoms with Gasteiger partial charge in [-0.1, -0.05) is 189 Å². The second kappa shape index (κ2) is 13.7. The third-order valence-electron chi connectivity index (χ3n) is 11.8. The van der Waals surface area contributed by atoms with Gasteiger partial charge in [-0.15, -0.1) is 0 Å². The van der Waals surface area contributed by atoms with E-state index in [4.69, 9.17) is 15.0 Å². The molecule has 1 aliphatic carbocycles. The van der Waals surface area contributed by atoms with E-state index < -0.39 is 0 Å². The molecule has 0 radical (unpaired) electrons. The first kappa shape index (κ1) is 34.4. The highest BCUT2D eigenvalue weighted by molar-refractivity contribution is 7.99. The molecule has 2 heterocycles. The van der Waals surface area contributed by atoms with E-state index in [1.54, 1.807) is 0 Å². The zero-order valence-corrected chi connectivity index (χ0v) is 33.0. The van der Waals surface area contributed by atoms with Gasteiger partial charge in [0.15, 0.2) is 17.5 Å². The molecule has 0 amide bonds. The van der Waals surface area contributed by atoms with Crippen LogP contribution in [0.4, 0.5) is 0 Å². The van der Waals surface area contributed by atoms with Crippen molar-refractivity contribution in [2.24, 2.45) is 0 Å². The number of aromatic nitrogens is 3. The lowest BCUT2D eigenvalue weighted by molar-refractivity contribution is 0.659. The van der Waals surface area contributed by atoms with Crippen molar-refractivity contribution in [1.29, 1.82) is 0 Å². The van der Waals surface area contributed by atoms with E-state index >= 15 is 0 Å². The van der Waals surface area contributed by atoms with Gasteiger partial charge in [-0.2, -0.15) is 0 Å². The molecule has 0 unspecified atom stereocenters. The maximum absolute atomic E-state index is 5.18. The topological polar surface area (TPSA) is 38.7 Å². The standard InChI is InChI=1S/C54H37N3S/c1-54(2)47-27-15-13-25-42(47)45-32-46-44-31-36(53-56-51(34-17-5-3-6-18-34)55-52(57-53)35-19-7-4-8-20-35)29-30-41(44)39-23-10-9-21-37(39)38-22-11-12-24-40(38)43-26-14-16-28-49(43)58-50(46)33-48(45)54/h3-33H,1-2H3.